The van der Waals surface area contributed by atoms with Crippen molar-refractivity contribution in [2.75, 3.05) is 0 Å². The number of likely N-dealkylation sites (tertiary alicyclic amines) is 1. The minimum absolute atomic E-state index is 0.0229. The Balaban J connectivity index is 1.39. The van der Waals surface area contributed by atoms with Crippen LogP contribution in [0, 0.1) is 27.4 Å². The number of nitro groups is 1. The lowest BCUT2D eigenvalue weighted by atomic mass is 9.81. The SMILES string of the molecule is CCC[C@H](NC(=O)[C@@H]1C[C@@H]2CCCC[C@@H]2N1C(=O)[C@@H](NC(=O)[C@@H](NC(=O)c1cc([N+](=O)[O-])c[nH]1)C1CCCCC1)C(C)(C)C)C(O)(O)C(=O)NC1CC1. The third kappa shape index (κ3) is 9.37. The van der Waals surface area contributed by atoms with E-state index >= 15 is 0 Å². The largest absolute Gasteiger partial charge is 0.357 e. The van der Waals surface area contributed by atoms with Gasteiger partial charge in [0.15, 0.2) is 0 Å². The van der Waals surface area contributed by atoms with Crippen LogP contribution in [-0.2, 0) is 19.2 Å². The molecule has 16 heteroatoms. The monoisotopic (exact) mass is 743 g/mol. The van der Waals surface area contributed by atoms with E-state index in [1.165, 1.54) is 0 Å². The molecule has 16 nitrogen and oxygen atoms in total. The number of nitrogens with one attached hydrogen (secondary N) is 5. The van der Waals surface area contributed by atoms with Crippen LogP contribution in [0.5, 0.6) is 0 Å². The van der Waals surface area contributed by atoms with E-state index in [1.54, 1.807) is 11.8 Å². The van der Waals surface area contributed by atoms with E-state index in [2.05, 4.69) is 26.3 Å². The van der Waals surface area contributed by atoms with Gasteiger partial charge in [0, 0.05) is 18.2 Å². The Hall–Kier alpha value is -4.05. The lowest BCUT2D eigenvalue weighted by Crippen LogP contribution is -2.65. The van der Waals surface area contributed by atoms with Gasteiger partial charge < -0.3 is 41.4 Å². The molecule has 0 unspecified atom stereocenters. The molecule has 1 saturated heterocycles. The predicted molar refractivity (Wildman–Crippen MR) is 193 cm³/mol. The van der Waals surface area contributed by atoms with Gasteiger partial charge in [-0.15, -0.1) is 0 Å². The minimum Gasteiger partial charge on any atom is -0.357 e. The van der Waals surface area contributed by atoms with Crippen LogP contribution < -0.4 is 21.3 Å². The first-order valence-corrected chi connectivity index (χ1v) is 19.3. The number of H-pyrrole nitrogens is 1. The number of nitrogens with zero attached hydrogens (tertiary/aromatic N) is 2. The Kier molecular flexibility index (Phi) is 12.5. The Morgan fingerprint density at radius 3 is 2.23 bits per heavy atom. The van der Waals surface area contributed by atoms with E-state index in [0.29, 0.717) is 32.1 Å². The number of fused-ring (bicyclic) bond motifs is 1. The van der Waals surface area contributed by atoms with Gasteiger partial charge in [-0.25, -0.2) is 0 Å². The molecule has 0 radical (unpaired) electrons. The minimum atomic E-state index is -2.86. The van der Waals surface area contributed by atoms with Crippen molar-refractivity contribution in [2.45, 2.75) is 160 Å². The van der Waals surface area contributed by atoms with Gasteiger partial charge in [0.1, 0.15) is 23.8 Å². The van der Waals surface area contributed by atoms with Crippen molar-refractivity contribution in [3.8, 4) is 0 Å². The molecule has 294 valence electrons. The lowest BCUT2D eigenvalue weighted by molar-refractivity contribution is -0.384. The van der Waals surface area contributed by atoms with Gasteiger partial charge in [-0.3, -0.25) is 34.1 Å². The molecule has 6 atom stereocenters. The highest BCUT2D eigenvalue weighted by Crippen LogP contribution is 2.41. The van der Waals surface area contributed by atoms with Crippen molar-refractivity contribution in [3.63, 3.8) is 0 Å². The van der Waals surface area contributed by atoms with Crippen molar-refractivity contribution in [3.05, 3.63) is 28.1 Å². The van der Waals surface area contributed by atoms with Crippen molar-refractivity contribution in [2.24, 2.45) is 17.3 Å². The van der Waals surface area contributed by atoms with Crippen LogP contribution in [-0.4, -0.2) is 96.6 Å². The molecule has 4 fully saturated rings. The number of aliphatic hydroxyl groups is 2. The molecule has 5 rings (SSSR count). The fourth-order valence-corrected chi connectivity index (χ4v) is 8.35. The topological polar surface area (TPSA) is 236 Å². The van der Waals surface area contributed by atoms with E-state index in [4.69, 9.17) is 0 Å². The van der Waals surface area contributed by atoms with Gasteiger partial charge in [-0.05, 0) is 68.6 Å². The number of hydrogen-bond acceptors (Lipinski definition) is 9. The predicted octanol–water partition coefficient (Wildman–Crippen LogP) is 2.54. The summed E-state index contributed by atoms with van der Waals surface area (Å²) in [5, 5.41) is 44.3. The highest BCUT2D eigenvalue weighted by atomic mass is 16.6. The summed E-state index contributed by atoms with van der Waals surface area (Å²) in [6, 6.07) is -3.73. The molecule has 3 saturated carbocycles. The van der Waals surface area contributed by atoms with Crippen LogP contribution >= 0.6 is 0 Å². The van der Waals surface area contributed by atoms with Gasteiger partial charge >= 0.3 is 0 Å². The van der Waals surface area contributed by atoms with Crippen molar-refractivity contribution < 1.29 is 39.1 Å². The summed E-state index contributed by atoms with van der Waals surface area (Å²) < 4.78 is 0. The van der Waals surface area contributed by atoms with Crippen molar-refractivity contribution >= 4 is 35.2 Å². The second kappa shape index (κ2) is 16.5. The highest BCUT2D eigenvalue weighted by Gasteiger charge is 2.52. The van der Waals surface area contributed by atoms with Crippen molar-refractivity contribution in [1.29, 1.82) is 0 Å². The zero-order valence-electron chi connectivity index (χ0n) is 31.3. The average molecular weight is 744 g/mol. The molecule has 4 aliphatic rings. The first-order chi connectivity index (χ1) is 25.0. The quantitative estimate of drug-likeness (QED) is 0.0841. The Morgan fingerprint density at radius 2 is 1.62 bits per heavy atom. The molecule has 2 heterocycles. The maximum atomic E-state index is 14.9. The highest BCUT2D eigenvalue weighted by molar-refractivity contribution is 5.99. The molecule has 0 aromatic carbocycles. The molecule has 53 heavy (non-hydrogen) atoms. The maximum Gasteiger partial charge on any atom is 0.287 e. The van der Waals surface area contributed by atoms with E-state index < -0.39 is 69.8 Å². The molecule has 7 N–H and O–H groups in total. The summed E-state index contributed by atoms with van der Waals surface area (Å²) in [5.41, 5.74) is -1.19. The first-order valence-electron chi connectivity index (χ1n) is 19.3. The third-order valence-electron chi connectivity index (χ3n) is 11.5. The summed E-state index contributed by atoms with van der Waals surface area (Å²) >= 11 is 0. The molecular formula is C37H57N7O9. The second-order valence-corrected chi connectivity index (χ2v) is 16.6. The standard InChI is InChI=1S/C37H57N7O9/c1-5-11-28(37(50,51)35(49)39-23-16-17-23)40-32(46)27-18-22-14-9-10-15-26(22)43(27)34(48)30(36(2,3)4)42-33(47)29(21-12-7-6-8-13-21)41-31(45)25-19-24(20-38-25)44(52)53/h19-23,26-30,38,50-51H,5-18H2,1-4H3,(H,39,49)(H,40,46)(H,41,45)(H,42,47)/t22-,26-,27-,28-,29-,30+/m0/s1. The number of carbonyl (C=O) groups is 5. The van der Waals surface area contributed by atoms with Gasteiger partial charge in [-0.2, -0.15) is 0 Å². The summed E-state index contributed by atoms with van der Waals surface area (Å²) in [6.45, 7) is 7.24. The number of aromatic amines is 1. The maximum absolute atomic E-state index is 14.9. The van der Waals surface area contributed by atoms with E-state index in [-0.39, 0.29) is 41.7 Å². The summed E-state index contributed by atoms with van der Waals surface area (Å²) in [5.74, 6) is -6.33. The zero-order valence-corrected chi connectivity index (χ0v) is 31.3. The second-order valence-electron chi connectivity index (χ2n) is 16.6. The Morgan fingerprint density at radius 1 is 0.962 bits per heavy atom. The number of amides is 5. The lowest BCUT2D eigenvalue weighted by Gasteiger charge is -2.41. The Bertz CT molecular complexity index is 1530. The zero-order chi connectivity index (χ0) is 38.7. The molecule has 1 aliphatic heterocycles. The number of hydrogen-bond donors (Lipinski definition) is 7. The van der Waals surface area contributed by atoms with E-state index in [0.717, 1.165) is 63.6 Å². The molecule has 3 aliphatic carbocycles. The molecule has 1 aromatic rings. The molecule has 0 bridgehead atoms. The smallest absolute Gasteiger partial charge is 0.287 e. The average Bonchev–Trinajstić information content (AvgIpc) is 3.62. The van der Waals surface area contributed by atoms with Crippen LogP contribution in [0.1, 0.15) is 128 Å². The first kappa shape index (κ1) is 40.1. The van der Waals surface area contributed by atoms with Crippen LogP contribution in [0.3, 0.4) is 0 Å². The Labute approximate surface area is 310 Å². The molecule has 1 aromatic heterocycles. The normalized spacial score (nSPS) is 24.0. The van der Waals surface area contributed by atoms with Gasteiger partial charge in [0.05, 0.1) is 17.2 Å². The number of rotatable bonds is 14. The van der Waals surface area contributed by atoms with Crippen molar-refractivity contribution in [1.82, 2.24) is 31.2 Å². The van der Waals surface area contributed by atoms with Gasteiger partial charge in [-0.1, -0.05) is 66.2 Å². The summed E-state index contributed by atoms with van der Waals surface area (Å²) in [7, 11) is 0. The number of aromatic nitrogens is 1. The van der Waals surface area contributed by atoms with E-state index in [9.17, 15) is 44.3 Å². The molecule has 0 spiro atoms. The summed E-state index contributed by atoms with van der Waals surface area (Å²) in [4.78, 5) is 84.3. The van der Waals surface area contributed by atoms with Crippen LogP contribution in [0.15, 0.2) is 12.3 Å². The van der Waals surface area contributed by atoms with E-state index in [1.807, 2.05) is 20.8 Å². The van der Waals surface area contributed by atoms with Crippen LogP contribution in [0.4, 0.5) is 5.69 Å². The van der Waals surface area contributed by atoms with Gasteiger partial charge in [0.2, 0.25) is 17.7 Å². The van der Waals surface area contributed by atoms with Crippen LogP contribution in [0.25, 0.3) is 0 Å². The van der Waals surface area contributed by atoms with Gasteiger partial charge in [0.25, 0.3) is 23.3 Å². The molecule has 5 amide bonds. The third-order valence-corrected chi connectivity index (χ3v) is 11.5. The fourth-order valence-electron chi connectivity index (χ4n) is 8.35. The van der Waals surface area contributed by atoms with Crippen LogP contribution in [0.2, 0.25) is 0 Å². The summed E-state index contributed by atoms with van der Waals surface area (Å²) in [6.07, 6.45) is 10.8. The number of carbonyl (C=O) groups excluding carboxylic acids is 5. The fraction of sp³-hybridized carbons (Fsp3) is 0.757. The molecular weight excluding hydrogens is 686 g/mol.